The second kappa shape index (κ2) is 7.23. The minimum Gasteiger partial charge on any atom is -0.370 e. The Labute approximate surface area is 160 Å². The predicted octanol–water partition coefficient (Wildman–Crippen LogP) is 3.11. The lowest BCUT2D eigenvalue weighted by Gasteiger charge is -2.23. The fourth-order valence-corrected chi connectivity index (χ4v) is 5.31. The van der Waals surface area contributed by atoms with Gasteiger partial charge in [0.05, 0.1) is 16.3 Å². The van der Waals surface area contributed by atoms with E-state index in [-0.39, 0.29) is 10.5 Å². The van der Waals surface area contributed by atoms with E-state index in [9.17, 15) is 13.2 Å². The monoisotopic (exact) mass is 387 g/mol. The second-order valence-corrected chi connectivity index (χ2v) is 8.74. The zero-order valence-electron chi connectivity index (χ0n) is 15.9. The van der Waals surface area contributed by atoms with E-state index >= 15 is 0 Å². The molecule has 0 radical (unpaired) electrons. The quantitative estimate of drug-likeness (QED) is 0.824. The Morgan fingerprint density at radius 1 is 1.04 bits per heavy atom. The standard InChI is InChI=1S/C20H25N3O3S/c1-13-10-14(2)19(15(3)11-13)27(25,26)22-17-12-16(20(21)24)6-7-18(17)23-8-4-5-9-23/h6-7,10-12,22H,4-5,8-9H2,1-3H3,(H2,21,24). The number of aryl methyl sites for hydroxylation is 3. The highest BCUT2D eigenvalue weighted by molar-refractivity contribution is 7.92. The summed E-state index contributed by atoms with van der Waals surface area (Å²) in [6.07, 6.45) is 2.11. The molecule has 0 saturated carbocycles. The molecule has 0 atom stereocenters. The van der Waals surface area contributed by atoms with Crippen molar-refractivity contribution in [3.05, 3.63) is 52.6 Å². The molecule has 0 aromatic heterocycles. The molecule has 1 fully saturated rings. The highest BCUT2D eigenvalue weighted by Gasteiger charge is 2.24. The Hall–Kier alpha value is -2.54. The molecule has 2 aromatic rings. The predicted molar refractivity (Wildman–Crippen MR) is 108 cm³/mol. The van der Waals surface area contributed by atoms with Gasteiger partial charge in [-0.25, -0.2) is 8.42 Å². The topological polar surface area (TPSA) is 92.5 Å². The number of rotatable bonds is 5. The number of carbonyl (C=O) groups excluding carboxylic acids is 1. The number of hydrogen-bond acceptors (Lipinski definition) is 4. The summed E-state index contributed by atoms with van der Waals surface area (Å²) in [7, 11) is -3.81. The van der Waals surface area contributed by atoms with Crippen LogP contribution in [0.1, 0.15) is 39.9 Å². The van der Waals surface area contributed by atoms with Crippen molar-refractivity contribution in [2.45, 2.75) is 38.5 Å². The number of carbonyl (C=O) groups is 1. The van der Waals surface area contributed by atoms with Gasteiger partial charge < -0.3 is 10.6 Å². The molecule has 1 heterocycles. The van der Waals surface area contributed by atoms with Gasteiger partial charge in [-0.1, -0.05) is 17.7 Å². The molecule has 27 heavy (non-hydrogen) atoms. The van der Waals surface area contributed by atoms with Crippen LogP contribution in [0.4, 0.5) is 11.4 Å². The Bertz CT molecular complexity index is 971. The summed E-state index contributed by atoms with van der Waals surface area (Å²) >= 11 is 0. The molecule has 3 rings (SSSR count). The molecular formula is C20H25N3O3S. The highest BCUT2D eigenvalue weighted by Crippen LogP contribution is 2.33. The number of nitrogens with two attached hydrogens (primary N) is 1. The lowest BCUT2D eigenvalue weighted by atomic mass is 10.1. The number of nitrogens with zero attached hydrogens (tertiary/aromatic N) is 1. The van der Waals surface area contributed by atoms with E-state index in [1.165, 1.54) is 6.07 Å². The minimum absolute atomic E-state index is 0.268. The molecule has 6 nitrogen and oxygen atoms in total. The largest absolute Gasteiger partial charge is 0.370 e. The van der Waals surface area contributed by atoms with Crippen LogP contribution in [0, 0.1) is 20.8 Å². The van der Waals surface area contributed by atoms with Crippen molar-refractivity contribution in [2.75, 3.05) is 22.7 Å². The Morgan fingerprint density at radius 3 is 2.19 bits per heavy atom. The van der Waals surface area contributed by atoms with Gasteiger partial charge in [0.2, 0.25) is 5.91 Å². The molecule has 0 bridgehead atoms. The number of benzene rings is 2. The van der Waals surface area contributed by atoms with Crippen LogP contribution in [0.5, 0.6) is 0 Å². The minimum atomic E-state index is -3.81. The lowest BCUT2D eigenvalue weighted by molar-refractivity contribution is 0.100. The summed E-state index contributed by atoms with van der Waals surface area (Å²) in [4.78, 5) is 14.0. The van der Waals surface area contributed by atoms with E-state index < -0.39 is 15.9 Å². The lowest BCUT2D eigenvalue weighted by Crippen LogP contribution is -2.23. The molecule has 144 valence electrons. The van der Waals surface area contributed by atoms with E-state index in [2.05, 4.69) is 9.62 Å². The van der Waals surface area contributed by atoms with Crippen LogP contribution in [-0.4, -0.2) is 27.4 Å². The summed E-state index contributed by atoms with van der Waals surface area (Å²) < 4.78 is 29.0. The molecule has 1 saturated heterocycles. The Balaban J connectivity index is 2.08. The number of hydrogen-bond donors (Lipinski definition) is 2. The fourth-order valence-electron chi connectivity index (χ4n) is 3.79. The normalized spacial score (nSPS) is 14.4. The molecular weight excluding hydrogens is 362 g/mol. The zero-order valence-corrected chi connectivity index (χ0v) is 16.7. The molecule has 0 spiro atoms. The van der Waals surface area contributed by atoms with Gasteiger partial charge in [-0.15, -0.1) is 0 Å². The number of sulfonamides is 1. The molecule has 1 amide bonds. The first-order valence-corrected chi connectivity index (χ1v) is 10.5. The molecule has 2 aromatic carbocycles. The maximum absolute atomic E-state index is 13.2. The van der Waals surface area contributed by atoms with Gasteiger partial charge in [-0.2, -0.15) is 0 Å². The third kappa shape index (κ3) is 3.93. The maximum atomic E-state index is 13.2. The average molecular weight is 388 g/mol. The van der Waals surface area contributed by atoms with E-state index in [4.69, 9.17) is 5.73 Å². The van der Waals surface area contributed by atoms with Crippen LogP contribution in [0.2, 0.25) is 0 Å². The van der Waals surface area contributed by atoms with Crippen molar-refractivity contribution in [3.8, 4) is 0 Å². The van der Waals surface area contributed by atoms with Crippen LogP contribution >= 0.6 is 0 Å². The van der Waals surface area contributed by atoms with Crippen LogP contribution in [0.15, 0.2) is 35.2 Å². The Kier molecular flexibility index (Phi) is 5.15. The van der Waals surface area contributed by atoms with Crippen molar-refractivity contribution in [1.82, 2.24) is 0 Å². The van der Waals surface area contributed by atoms with Gasteiger partial charge in [-0.05, 0) is 62.9 Å². The second-order valence-electron chi connectivity index (χ2n) is 7.12. The smallest absolute Gasteiger partial charge is 0.262 e. The van der Waals surface area contributed by atoms with Gasteiger partial charge in [0.1, 0.15) is 0 Å². The first-order valence-electron chi connectivity index (χ1n) is 8.98. The summed E-state index contributed by atoms with van der Waals surface area (Å²) in [6.45, 7) is 7.22. The number of nitrogens with one attached hydrogen (secondary N) is 1. The van der Waals surface area contributed by atoms with Gasteiger partial charge in [0, 0.05) is 18.7 Å². The first kappa shape index (κ1) is 19.2. The molecule has 0 aliphatic carbocycles. The molecule has 1 aliphatic heterocycles. The van der Waals surface area contributed by atoms with Gasteiger partial charge >= 0.3 is 0 Å². The fraction of sp³-hybridized carbons (Fsp3) is 0.350. The molecule has 1 aliphatic rings. The SMILES string of the molecule is Cc1cc(C)c(S(=O)(=O)Nc2cc(C(N)=O)ccc2N2CCCC2)c(C)c1. The number of amides is 1. The van der Waals surface area contributed by atoms with Crippen molar-refractivity contribution in [3.63, 3.8) is 0 Å². The molecule has 3 N–H and O–H groups in total. The van der Waals surface area contributed by atoms with Crippen molar-refractivity contribution in [1.29, 1.82) is 0 Å². The van der Waals surface area contributed by atoms with E-state index in [0.717, 1.165) is 37.2 Å². The average Bonchev–Trinajstić information content (AvgIpc) is 3.07. The van der Waals surface area contributed by atoms with Gasteiger partial charge in [0.25, 0.3) is 10.0 Å². The Morgan fingerprint density at radius 2 is 1.63 bits per heavy atom. The maximum Gasteiger partial charge on any atom is 0.262 e. The summed E-state index contributed by atoms with van der Waals surface area (Å²) in [5.74, 6) is -0.592. The third-order valence-corrected chi connectivity index (χ3v) is 6.52. The van der Waals surface area contributed by atoms with Crippen LogP contribution < -0.4 is 15.4 Å². The van der Waals surface area contributed by atoms with Crippen LogP contribution in [0.25, 0.3) is 0 Å². The number of anilines is 2. The van der Waals surface area contributed by atoms with E-state index in [0.29, 0.717) is 16.8 Å². The molecule has 0 unspecified atom stereocenters. The van der Waals surface area contributed by atoms with Gasteiger partial charge in [-0.3, -0.25) is 9.52 Å². The van der Waals surface area contributed by atoms with Crippen molar-refractivity contribution < 1.29 is 13.2 Å². The summed E-state index contributed by atoms with van der Waals surface area (Å²) in [5, 5.41) is 0. The van der Waals surface area contributed by atoms with Crippen LogP contribution in [-0.2, 0) is 10.0 Å². The third-order valence-electron chi connectivity index (χ3n) is 4.85. The highest BCUT2D eigenvalue weighted by atomic mass is 32.2. The summed E-state index contributed by atoms with van der Waals surface area (Å²) in [5.41, 5.74) is 9.21. The van der Waals surface area contributed by atoms with Crippen LogP contribution in [0.3, 0.4) is 0 Å². The van der Waals surface area contributed by atoms with E-state index in [1.807, 2.05) is 19.1 Å². The van der Waals surface area contributed by atoms with Crippen molar-refractivity contribution in [2.24, 2.45) is 5.73 Å². The van der Waals surface area contributed by atoms with Crippen molar-refractivity contribution >= 4 is 27.3 Å². The first-order chi connectivity index (χ1) is 12.7. The zero-order chi connectivity index (χ0) is 19.8. The number of primary amides is 1. The summed E-state index contributed by atoms with van der Waals surface area (Å²) in [6, 6.07) is 8.62. The van der Waals surface area contributed by atoms with Gasteiger partial charge in [0.15, 0.2) is 0 Å². The van der Waals surface area contributed by atoms with E-state index in [1.54, 1.807) is 26.0 Å². The molecule has 7 heteroatoms.